The molecule has 0 bridgehead atoms. The number of hydrogen-bond acceptors (Lipinski definition) is 4. The van der Waals surface area contributed by atoms with Crippen LogP contribution in [-0.2, 0) is 0 Å². The largest absolute Gasteiger partial charge is 0.497 e. The minimum absolute atomic E-state index is 0.189. The van der Waals surface area contributed by atoms with Gasteiger partial charge >= 0.3 is 0 Å². The number of ether oxygens (including phenoxy) is 3. The summed E-state index contributed by atoms with van der Waals surface area (Å²) in [6, 6.07) is 13.9. The third-order valence-corrected chi connectivity index (χ3v) is 4.99. The lowest BCUT2D eigenvalue weighted by atomic mass is 10.0. The quantitative estimate of drug-likeness (QED) is 0.792. The number of rotatable bonds is 5. The van der Waals surface area contributed by atoms with Crippen LogP contribution >= 0.6 is 12.2 Å². The van der Waals surface area contributed by atoms with E-state index in [2.05, 4.69) is 16.3 Å². The first-order valence-corrected chi connectivity index (χ1v) is 9.00. The van der Waals surface area contributed by atoms with Crippen LogP contribution in [0.1, 0.15) is 24.4 Å². The summed E-state index contributed by atoms with van der Waals surface area (Å²) in [5.74, 6) is 2.44. The Morgan fingerprint density at radius 1 is 1.00 bits per heavy atom. The highest BCUT2D eigenvalue weighted by Crippen LogP contribution is 2.39. The Morgan fingerprint density at radius 2 is 1.69 bits per heavy atom. The first-order chi connectivity index (χ1) is 12.7. The van der Waals surface area contributed by atoms with Gasteiger partial charge in [-0.3, -0.25) is 0 Å². The number of anilines is 1. The van der Waals surface area contributed by atoms with Crippen LogP contribution in [0.15, 0.2) is 42.5 Å². The third kappa shape index (κ3) is 3.85. The van der Waals surface area contributed by atoms with E-state index in [1.165, 1.54) is 0 Å². The number of hydrogen-bond donors (Lipinski definition) is 1. The van der Waals surface area contributed by atoms with Crippen LogP contribution in [0, 0.1) is 0 Å². The maximum atomic E-state index is 5.68. The number of likely N-dealkylation sites (tertiary alicyclic amines) is 1. The third-order valence-electron chi connectivity index (χ3n) is 4.65. The van der Waals surface area contributed by atoms with Crippen LogP contribution in [0.25, 0.3) is 0 Å². The smallest absolute Gasteiger partial charge is 0.173 e. The Kier molecular flexibility index (Phi) is 5.83. The second-order valence-electron chi connectivity index (χ2n) is 6.12. The molecule has 1 fully saturated rings. The number of benzene rings is 2. The van der Waals surface area contributed by atoms with E-state index < -0.39 is 0 Å². The van der Waals surface area contributed by atoms with Gasteiger partial charge < -0.3 is 24.4 Å². The van der Waals surface area contributed by atoms with E-state index in [0.29, 0.717) is 0 Å². The molecule has 0 unspecified atom stereocenters. The van der Waals surface area contributed by atoms with Gasteiger partial charge in [0.25, 0.3) is 0 Å². The van der Waals surface area contributed by atoms with Gasteiger partial charge in [-0.2, -0.15) is 0 Å². The monoisotopic (exact) mass is 372 g/mol. The van der Waals surface area contributed by atoms with Crippen molar-refractivity contribution in [2.24, 2.45) is 0 Å². The summed E-state index contributed by atoms with van der Waals surface area (Å²) in [6.07, 6.45) is 2.12. The van der Waals surface area contributed by atoms with Gasteiger partial charge in [0, 0.05) is 23.9 Å². The van der Waals surface area contributed by atoms with E-state index in [1.807, 2.05) is 36.4 Å². The summed E-state index contributed by atoms with van der Waals surface area (Å²) in [5.41, 5.74) is 2.08. The van der Waals surface area contributed by atoms with Crippen molar-refractivity contribution in [2.45, 2.75) is 18.9 Å². The summed E-state index contributed by atoms with van der Waals surface area (Å²) in [4.78, 5) is 2.23. The van der Waals surface area contributed by atoms with Crippen molar-refractivity contribution in [1.29, 1.82) is 0 Å². The molecule has 1 aliphatic rings. The Labute approximate surface area is 159 Å². The van der Waals surface area contributed by atoms with Crippen LogP contribution in [-0.4, -0.2) is 37.9 Å². The molecule has 5 nitrogen and oxygen atoms in total. The van der Waals surface area contributed by atoms with Crippen molar-refractivity contribution in [1.82, 2.24) is 4.90 Å². The number of nitrogens with one attached hydrogen (secondary N) is 1. The molecule has 2 aromatic carbocycles. The maximum Gasteiger partial charge on any atom is 0.173 e. The summed E-state index contributed by atoms with van der Waals surface area (Å²) in [6.45, 7) is 0.918. The Bertz CT molecular complexity index is 764. The van der Waals surface area contributed by atoms with Gasteiger partial charge in [-0.1, -0.05) is 0 Å². The highest BCUT2D eigenvalue weighted by Gasteiger charge is 2.30. The molecule has 3 rings (SSSR count). The molecule has 0 spiro atoms. The Hall–Kier alpha value is -2.47. The first kappa shape index (κ1) is 18.3. The predicted octanol–water partition coefficient (Wildman–Crippen LogP) is 4.25. The van der Waals surface area contributed by atoms with Crippen molar-refractivity contribution < 1.29 is 14.2 Å². The minimum Gasteiger partial charge on any atom is -0.497 e. The molecule has 1 saturated heterocycles. The molecule has 0 aromatic heterocycles. The SMILES string of the molecule is COc1ccc(NC(=S)N2CCC[C@H]2c2ccc(OC)cc2OC)cc1. The summed E-state index contributed by atoms with van der Waals surface area (Å²) in [5, 5.41) is 4.05. The predicted molar refractivity (Wildman–Crippen MR) is 107 cm³/mol. The highest BCUT2D eigenvalue weighted by atomic mass is 32.1. The molecule has 138 valence electrons. The van der Waals surface area contributed by atoms with E-state index in [4.69, 9.17) is 26.4 Å². The molecule has 1 N–H and O–H groups in total. The summed E-state index contributed by atoms with van der Waals surface area (Å²) >= 11 is 5.68. The fourth-order valence-corrected chi connectivity index (χ4v) is 3.63. The number of nitrogens with zero attached hydrogens (tertiary/aromatic N) is 1. The van der Waals surface area contributed by atoms with E-state index >= 15 is 0 Å². The molecular formula is C20H24N2O3S. The molecule has 2 aromatic rings. The van der Waals surface area contributed by atoms with Crippen LogP contribution in [0.2, 0.25) is 0 Å². The normalized spacial score (nSPS) is 16.3. The average Bonchev–Trinajstić information content (AvgIpc) is 3.17. The number of methoxy groups -OCH3 is 3. The van der Waals surface area contributed by atoms with Crippen LogP contribution < -0.4 is 19.5 Å². The van der Waals surface area contributed by atoms with Gasteiger partial charge in [-0.25, -0.2) is 0 Å². The van der Waals surface area contributed by atoms with Crippen molar-refractivity contribution in [2.75, 3.05) is 33.2 Å². The standard InChI is InChI=1S/C20H24N2O3S/c1-23-15-8-6-14(7-9-15)21-20(26)22-12-4-5-18(22)17-11-10-16(24-2)13-19(17)25-3/h6-11,13,18H,4-5,12H2,1-3H3,(H,21,26)/t18-/m0/s1. The first-order valence-electron chi connectivity index (χ1n) is 8.60. The van der Waals surface area contributed by atoms with Gasteiger partial charge in [0.05, 0.1) is 27.4 Å². The van der Waals surface area contributed by atoms with Crippen LogP contribution in [0.3, 0.4) is 0 Å². The zero-order chi connectivity index (χ0) is 18.5. The van der Waals surface area contributed by atoms with Crippen LogP contribution in [0.5, 0.6) is 17.2 Å². The van der Waals surface area contributed by atoms with Crippen molar-refractivity contribution in [3.05, 3.63) is 48.0 Å². The molecule has 1 heterocycles. The van der Waals surface area contributed by atoms with E-state index in [-0.39, 0.29) is 6.04 Å². The molecule has 0 amide bonds. The summed E-state index contributed by atoms with van der Waals surface area (Å²) < 4.78 is 16.1. The molecule has 6 heteroatoms. The lowest BCUT2D eigenvalue weighted by Crippen LogP contribution is -2.34. The van der Waals surface area contributed by atoms with Crippen molar-refractivity contribution >= 4 is 23.0 Å². The minimum atomic E-state index is 0.189. The van der Waals surface area contributed by atoms with Crippen LogP contribution in [0.4, 0.5) is 5.69 Å². The fraction of sp³-hybridized carbons (Fsp3) is 0.350. The van der Waals surface area contributed by atoms with Crippen molar-refractivity contribution in [3.8, 4) is 17.2 Å². The van der Waals surface area contributed by atoms with Gasteiger partial charge in [0.15, 0.2) is 5.11 Å². The molecule has 1 atom stereocenters. The molecule has 0 saturated carbocycles. The van der Waals surface area contributed by atoms with Crippen molar-refractivity contribution in [3.63, 3.8) is 0 Å². The highest BCUT2D eigenvalue weighted by molar-refractivity contribution is 7.80. The summed E-state index contributed by atoms with van der Waals surface area (Å²) in [7, 11) is 5.00. The molecule has 0 radical (unpaired) electrons. The lowest BCUT2D eigenvalue weighted by Gasteiger charge is -2.29. The van der Waals surface area contributed by atoms with Gasteiger partial charge in [-0.05, 0) is 61.5 Å². The average molecular weight is 372 g/mol. The molecule has 26 heavy (non-hydrogen) atoms. The van der Waals surface area contributed by atoms with E-state index in [9.17, 15) is 0 Å². The zero-order valence-electron chi connectivity index (χ0n) is 15.3. The van der Waals surface area contributed by atoms with Gasteiger partial charge in [0.2, 0.25) is 0 Å². The Morgan fingerprint density at radius 3 is 2.35 bits per heavy atom. The Balaban J connectivity index is 1.78. The molecular weight excluding hydrogens is 348 g/mol. The van der Waals surface area contributed by atoms with Gasteiger partial charge in [0.1, 0.15) is 17.2 Å². The molecule has 1 aliphatic heterocycles. The second kappa shape index (κ2) is 8.27. The fourth-order valence-electron chi connectivity index (χ4n) is 3.30. The van der Waals surface area contributed by atoms with Gasteiger partial charge in [-0.15, -0.1) is 0 Å². The number of thiocarbonyl (C=S) groups is 1. The maximum absolute atomic E-state index is 5.68. The van der Waals surface area contributed by atoms with E-state index in [1.54, 1.807) is 21.3 Å². The zero-order valence-corrected chi connectivity index (χ0v) is 16.1. The lowest BCUT2D eigenvalue weighted by molar-refractivity contribution is 0.362. The second-order valence-corrected chi connectivity index (χ2v) is 6.50. The molecule has 0 aliphatic carbocycles. The van der Waals surface area contributed by atoms with E-state index in [0.717, 1.165) is 53.0 Å². The topological polar surface area (TPSA) is 43.0 Å².